The number of pyridine rings is 1. The molecule has 132 valence electrons. The molecule has 0 bridgehead atoms. The number of carbonyl (C=O) groups excluding carboxylic acids is 2. The highest BCUT2D eigenvalue weighted by Crippen LogP contribution is 2.27. The number of rotatable bonds is 5. The molecule has 2 N–H and O–H groups in total. The van der Waals surface area contributed by atoms with Crippen LogP contribution in [0.15, 0.2) is 48.7 Å². The second-order valence-corrected chi connectivity index (χ2v) is 6.41. The summed E-state index contributed by atoms with van der Waals surface area (Å²) in [5.41, 5.74) is 2.73. The summed E-state index contributed by atoms with van der Waals surface area (Å²) in [5, 5.41) is 13.9. The summed E-state index contributed by atoms with van der Waals surface area (Å²) >= 11 is 0. The van der Waals surface area contributed by atoms with Crippen LogP contribution in [0.5, 0.6) is 0 Å². The topological polar surface area (TPSA) is 88.4 Å². The normalized spacial score (nSPS) is 16.2. The molecule has 3 aromatic rings. The van der Waals surface area contributed by atoms with Crippen LogP contribution in [-0.2, 0) is 22.6 Å². The molecule has 1 aliphatic heterocycles. The van der Waals surface area contributed by atoms with Crippen LogP contribution < -0.4 is 10.6 Å². The molecule has 1 aromatic carbocycles. The van der Waals surface area contributed by atoms with Gasteiger partial charge in [0.25, 0.3) is 0 Å². The Morgan fingerprint density at radius 2 is 2.04 bits per heavy atom. The molecule has 4 rings (SSSR count). The molecular weight excluding hydrogens is 330 g/mol. The van der Waals surface area contributed by atoms with Gasteiger partial charge in [0.2, 0.25) is 11.8 Å². The minimum absolute atomic E-state index is 0.0139. The molecule has 1 aliphatic rings. The van der Waals surface area contributed by atoms with E-state index in [4.69, 9.17) is 0 Å². The molecule has 0 unspecified atom stereocenters. The third-order valence-corrected chi connectivity index (χ3v) is 4.66. The van der Waals surface area contributed by atoms with E-state index in [2.05, 4.69) is 20.8 Å². The average molecular weight is 349 g/mol. The van der Waals surface area contributed by atoms with Crippen molar-refractivity contribution in [2.24, 2.45) is 5.92 Å². The number of carbonyl (C=O) groups is 2. The van der Waals surface area contributed by atoms with E-state index in [1.54, 1.807) is 0 Å². The van der Waals surface area contributed by atoms with Gasteiger partial charge in [-0.15, -0.1) is 10.2 Å². The van der Waals surface area contributed by atoms with Crippen LogP contribution in [0, 0.1) is 5.92 Å². The Bertz CT molecular complexity index is 965. The van der Waals surface area contributed by atoms with E-state index in [-0.39, 0.29) is 17.7 Å². The van der Waals surface area contributed by atoms with E-state index in [0.29, 0.717) is 31.6 Å². The Hall–Kier alpha value is -3.22. The molecule has 2 aromatic heterocycles. The lowest BCUT2D eigenvalue weighted by Gasteiger charge is -2.24. The van der Waals surface area contributed by atoms with Crippen LogP contribution in [0.4, 0.5) is 5.69 Å². The summed E-state index contributed by atoms with van der Waals surface area (Å²) in [4.78, 5) is 24.4. The van der Waals surface area contributed by atoms with Crippen LogP contribution in [0.2, 0.25) is 0 Å². The molecule has 0 saturated carbocycles. The molecule has 0 fully saturated rings. The number of para-hydroxylation sites is 1. The molecule has 0 spiro atoms. The van der Waals surface area contributed by atoms with Gasteiger partial charge in [0.1, 0.15) is 0 Å². The minimum Gasteiger partial charge on any atom is -0.349 e. The number of benzene rings is 1. The van der Waals surface area contributed by atoms with Gasteiger partial charge in [0.05, 0.1) is 6.54 Å². The highest BCUT2D eigenvalue weighted by molar-refractivity contribution is 5.96. The molecule has 7 heteroatoms. The molecular formula is C19H19N5O2. The third kappa shape index (κ3) is 3.28. The number of nitrogens with one attached hydrogen (secondary N) is 2. The van der Waals surface area contributed by atoms with Gasteiger partial charge in [0, 0.05) is 24.2 Å². The minimum atomic E-state index is -0.176. The first-order valence-electron chi connectivity index (χ1n) is 8.65. The summed E-state index contributed by atoms with van der Waals surface area (Å²) in [5.74, 6) is 0.396. The van der Waals surface area contributed by atoms with E-state index in [9.17, 15) is 9.59 Å². The van der Waals surface area contributed by atoms with E-state index < -0.39 is 0 Å². The van der Waals surface area contributed by atoms with Gasteiger partial charge in [-0.05, 0) is 36.6 Å². The predicted molar refractivity (Wildman–Crippen MR) is 96.3 cm³/mol. The number of aromatic nitrogens is 3. The first-order chi connectivity index (χ1) is 12.7. The lowest BCUT2D eigenvalue weighted by molar-refractivity contribution is -0.123. The van der Waals surface area contributed by atoms with Crippen LogP contribution in [-0.4, -0.2) is 26.4 Å². The zero-order valence-electron chi connectivity index (χ0n) is 14.2. The van der Waals surface area contributed by atoms with Crippen molar-refractivity contribution in [2.45, 2.75) is 25.8 Å². The molecule has 2 amide bonds. The van der Waals surface area contributed by atoms with Crippen molar-refractivity contribution in [3.63, 3.8) is 0 Å². The Labute approximate surface area is 150 Å². The number of nitrogens with zero attached hydrogens (tertiary/aromatic N) is 3. The quantitative estimate of drug-likeness (QED) is 0.737. The van der Waals surface area contributed by atoms with Crippen LogP contribution >= 0.6 is 0 Å². The molecule has 7 nitrogen and oxygen atoms in total. The Morgan fingerprint density at radius 1 is 1.19 bits per heavy atom. The number of anilines is 1. The summed E-state index contributed by atoms with van der Waals surface area (Å²) in [7, 11) is 0. The van der Waals surface area contributed by atoms with Gasteiger partial charge >= 0.3 is 0 Å². The zero-order chi connectivity index (χ0) is 17.9. The summed E-state index contributed by atoms with van der Waals surface area (Å²) in [6, 6.07) is 13.4. The zero-order valence-corrected chi connectivity index (χ0v) is 14.2. The fourth-order valence-electron chi connectivity index (χ4n) is 3.23. The van der Waals surface area contributed by atoms with Crippen molar-refractivity contribution in [1.82, 2.24) is 19.9 Å². The van der Waals surface area contributed by atoms with Gasteiger partial charge < -0.3 is 10.6 Å². The first kappa shape index (κ1) is 16.3. The van der Waals surface area contributed by atoms with Crippen LogP contribution in [0.3, 0.4) is 0 Å². The summed E-state index contributed by atoms with van der Waals surface area (Å²) in [6.45, 7) is 0.309. The Morgan fingerprint density at radius 3 is 2.96 bits per heavy atom. The van der Waals surface area contributed by atoms with E-state index in [1.807, 2.05) is 53.1 Å². The molecule has 26 heavy (non-hydrogen) atoms. The largest absolute Gasteiger partial charge is 0.349 e. The van der Waals surface area contributed by atoms with Crippen molar-refractivity contribution < 1.29 is 9.59 Å². The molecule has 0 aliphatic carbocycles. The maximum atomic E-state index is 12.2. The number of hydrogen-bond donors (Lipinski definition) is 2. The van der Waals surface area contributed by atoms with Gasteiger partial charge in [-0.1, -0.05) is 24.3 Å². The Kier molecular flexibility index (Phi) is 4.35. The van der Waals surface area contributed by atoms with Gasteiger partial charge in [-0.25, -0.2) is 0 Å². The fourth-order valence-corrected chi connectivity index (χ4v) is 3.23. The highest BCUT2D eigenvalue weighted by atomic mass is 16.2. The van der Waals surface area contributed by atoms with E-state index in [1.165, 1.54) is 0 Å². The molecule has 0 radical (unpaired) electrons. The predicted octanol–water partition coefficient (Wildman–Crippen LogP) is 1.94. The number of hydrogen-bond acceptors (Lipinski definition) is 4. The molecule has 3 heterocycles. The second kappa shape index (κ2) is 6.95. The Balaban J connectivity index is 1.31. The van der Waals surface area contributed by atoms with Crippen molar-refractivity contribution in [2.75, 3.05) is 5.32 Å². The maximum absolute atomic E-state index is 12.2. The van der Waals surface area contributed by atoms with Crippen molar-refractivity contribution in [1.29, 1.82) is 0 Å². The van der Waals surface area contributed by atoms with Crippen molar-refractivity contribution in [3.8, 4) is 0 Å². The van der Waals surface area contributed by atoms with Gasteiger partial charge in [-0.3, -0.25) is 14.0 Å². The lowest BCUT2D eigenvalue weighted by Crippen LogP contribution is -2.31. The molecule has 0 saturated heterocycles. The molecule has 1 atom stereocenters. The lowest BCUT2D eigenvalue weighted by atomic mass is 9.89. The average Bonchev–Trinajstić information content (AvgIpc) is 3.08. The fraction of sp³-hybridized carbons (Fsp3) is 0.263. The van der Waals surface area contributed by atoms with Crippen molar-refractivity contribution >= 4 is 23.1 Å². The van der Waals surface area contributed by atoms with Gasteiger partial charge in [0.15, 0.2) is 11.5 Å². The third-order valence-electron chi connectivity index (χ3n) is 4.66. The monoisotopic (exact) mass is 349 g/mol. The van der Waals surface area contributed by atoms with Crippen molar-refractivity contribution in [3.05, 3.63) is 60.0 Å². The summed E-state index contributed by atoms with van der Waals surface area (Å²) < 4.78 is 1.84. The smallest absolute Gasteiger partial charge is 0.227 e. The summed E-state index contributed by atoms with van der Waals surface area (Å²) in [6.07, 6.45) is 3.36. The SMILES string of the molecule is O=C(CC[C@H]1Cc2ccccc2NC1=O)NCc1nnc2ccccn12. The highest BCUT2D eigenvalue weighted by Gasteiger charge is 2.26. The first-order valence-corrected chi connectivity index (χ1v) is 8.65. The van der Waals surface area contributed by atoms with Crippen LogP contribution in [0.1, 0.15) is 24.2 Å². The second-order valence-electron chi connectivity index (χ2n) is 6.41. The van der Waals surface area contributed by atoms with Crippen LogP contribution in [0.25, 0.3) is 5.65 Å². The van der Waals surface area contributed by atoms with E-state index in [0.717, 1.165) is 16.9 Å². The maximum Gasteiger partial charge on any atom is 0.227 e. The van der Waals surface area contributed by atoms with E-state index >= 15 is 0 Å². The number of fused-ring (bicyclic) bond motifs is 2. The number of amides is 2. The van der Waals surface area contributed by atoms with Gasteiger partial charge in [-0.2, -0.15) is 0 Å². The standard InChI is InChI=1S/C19H19N5O2/c25-18(20-12-17-23-22-16-7-3-4-10-24(16)17)9-8-14-11-13-5-1-2-6-15(13)21-19(14)26/h1-7,10,14H,8-9,11-12H2,(H,20,25)(H,21,26)/t14-/m0/s1.